The van der Waals surface area contributed by atoms with E-state index >= 15 is 0 Å². The lowest BCUT2D eigenvalue weighted by atomic mass is 10.0. The van der Waals surface area contributed by atoms with Crippen molar-refractivity contribution in [1.82, 2.24) is 0 Å². The molecule has 6 heteroatoms. The van der Waals surface area contributed by atoms with Gasteiger partial charge < -0.3 is 14.2 Å². The third-order valence-electron chi connectivity index (χ3n) is 14.1. The van der Waals surface area contributed by atoms with Crippen LogP contribution in [0.1, 0.15) is 335 Å². The zero-order valence-corrected chi connectivity index (χ0v) is 48.2. The van der Waals surface area contributed by atoms with Crippen molar-refractivity contribution in [3.05, 3.63) is 48.6 Å². The molecule has 72 heavy (non-hydrogen) atoms. The van der Waals surface area contributed by atoms with E-state index in [1.165, 1.54) is 218 Å². The molecule has 0 aromatic heterocycles. The summed E-state index contributed by atoms with van der Waals surface area (Å²) in [6.45, 7) is 6.61. The summed E-state index contributed by atoms with van der Waals surface area (Å²) in [5, 5.41) is 0. The molecule has 0 aliphatic heterocycles. The van der Waals surface area contributed by atoms with E-state index in [9.17, 15) is 14.4 Å². The van der Waals surface area contributed by atoms with E-state index in [-0.39, 0.29) is 31.1 Å². The van der Waals surface area contributed by atoms with Crippen molar-refractivity contribution in [1.29, 1.82) is 0 Å². The fourth-order valence-electron chi connectivity index (χ4n) is 9.27. The number of allylic oxidation sites excluding steroid dienone is 8. The molecule has 0 aromatic rings. The number of ether oxygens (including phenoxy) is 3. The lowest BCUT2D eigenvalue weighted by molar-refractivity contribution is -0.167. The Hall–Kier alpha value is -2.63. The molecule has 1 atom stereocenters. The van der Waals surface area contributed by atoms with Gasteiger partial charge in [-0.05, 0) is 83.5 Å². The first-order chi connectivity index (χ1) is 35.5. The Bertz CT molecular complexity index is 1250. The predicted molar refractivity (Wildman–Crippen MR) is 312 cm³/mol. The van der Waals surface area contributed by atoms with Crippen LogP contribution in [0.3, 0.4) is 0 Å². The first kappa shape index (κ1) is 69.4. The van der Waals surface area contributed by atoms with Gasteiger partial charge in [0.05, 0.1) is 0 Å². The van der Waals surface area contributed by atoms with Gasteiger partial charge >= 0.3 is 17.9 Å². The molecular formula is C66H120O6. The second-order valence-electron chi connectivity index (χ2n) is 21.3. The third-order valence-corrected chi connectivity index (χ3v) is 14.1. The fourth-order valence-corrected chi connectivity index (χ4v) is 9.27. The molecule has 0 heterocycles. The molecule has 0 aliphatic rings. The van der Waals surface area contributed by atoms with E-state index in [4.69, 9.17) is 14.2 Å². The zero-order valence-electron chi connectivity index (χ0n) is 48.2. The number of carbonyl (C=O) groups excluding carboxylic acids is 3. The Balaban J connectivity index is 4.08. The van der Waals surface area contributed by atoms with Crippen molar-refractivity contribution < 1.29 is 28.6 Å². The van der Waals surface area contributed by atoms with E-state index < -0.39 is 6.10 Å². The van der Waals surface area contributed by atoms with Crippen molar-refractivity contribution in [3.8, 4) is 0 Å². The van der Waals surface area contributed by atoms with Crippen molar-refractivity contribution in [2.24, 2.45) is 0 Å². The minimum absolute atomic E-state index is 0.0726. The van der Waals surface area contributed by atoms with Gasteiger partial charge in [-0.15, -0.1) is 0 Å². The maximum Gasteiger partial charge on any atom is 0.306 e. The minimum atomic E-state index is -0.773. The van der Waals surface area contributed by atoms with Crippen LogP contribution < -0.4 is 0 Å². The normalized spacial score (nSPS) is 12.3. The smallest absolute Gasteiger partial charge is 0.306 e. The van der Waals surface area contributed by atoms with Gasteiger partial charge in [0.1, 0.15) is 13.2 Å². The molecule has 0 N–H and O–H groups in total. The van der Waals surface area contributed by atoms with Crippen LogP contribution in [0.15, 0.2) is 48.6 Å². The van der Waals surface area contributed by atoms with E-state index in [1.54, 1.807) is 0 Å². The summed E-state index contributed by atoms with van der Waals surface area (Å²) in [4.78, 5) is 38.1. The van der Waals surface area contributed by atoms with Gasteiger partial charge in [-0.3, -0.25) is 14.4 Å². The first-order valence-corrected chi connectivity index (χ1v) is 31.6. The SMILES string of the molecule is CCCCC/C=C\C/C=C\CCCCCCCCCC(=O)OC(COC(=O)CCCCCCCCCC)COC(=O)CCCCCCCCCCCCCCCCCCC/C=C\C/C=C\CCCCCCC. The molecule has 0 bridgehead atoms. The van der Waals surface area contributed by atoms with Crippen LogP contribution in [0, 0.1) is 0 Å². The summed E-state index contributed by atoms with van der Waals surface area (Å²) in [5.41, 5.74) is 0. The molecule has 0 saturated heterocycles. The van der Waals surface area contributed by atoms with E-state index in [0.29, 0.717) is 19.3 Å². The van der Waals surface area contributed by atoms with Crippen LogP contribution in [-0.4, -0.2) is 37.2 Å². The quantitative estimate of drug-likeness (QED) is 0.0261. The van der Waals surface area contributed by atoms with Crippen LogP contribution >= 0.6 is 0 Å². The molecule has 0 aliphatic carbocycles. The van der Waals surface area contributed by atoms with Crippen molar-refractivity contribution in [2.45, 2.75) is 341 Å². The van der Waals surface area contributed by atoms with Crippen LogP contribution in [-0.2, 0) is 28.6 Å². The van der Waals surface area contributed by atoms with E-state index in [2.05, 4.69) is 69.4 Å². The highest BCUT2D eigenvalue weighted by Gasteiger charge is 2.19. The van der Waals surface area contributed by atoms with Crippen molar-refractivity contribution in [3.63, 3.8) is 0 Å². The Morgan fingerprint density at radius 3 is 0.792 bits per heavy atom. The molecule has 0 rings (SSSR count). The molecule has 0 fully saturated rings. The predicted octanol–water partition coefficient (Wildman–Crippen LogP) is 21.4. The number of unbranched alkanes of at least 4 members (excludes halogenated alkanes) is 39. The zero-order chi connectivity index (χ0) is 52.2. The number of esters is 3. The van der Waals surface area contributed by atoms with E-state index in [1.807, 2.05) is 0 Å². The van der Waals surface area contributed by atoms with Crippen LogP contribution in [0.5, 0.6) is 0 Å². The summed E-state index contributed by atoms with van der Waals surface area (Å²) >= 11 is 0. The summed E-state index contributed by atoms with van der Waals surface area (Å²) in [6, 6.07) is 0. The average molecular weight is 1010 g/mol. The van der Waals surface area contributed by atoms with Gasteiger partial charge in [-0.1, -0.05) is 281 Å². The topological polar surface area (TPSA) is 78.9 Å². The average Bonchev–Trinajstić information content (AvgIpc) is 3.38. The highest BCUT2D eigenvalue weighted by molar-refractivity contribution is 5.71. The van der Waals surface area contributed by atoms with Gasteiger partial charge in [0.15, 0.2) is 6.10 Å². The number of hydrogen-bond acceptors (Lipinski definition) is 6. The van der Waals surface area contributed by atoms with Crippen LogP contribution in [0.4, 0.5) is 0 Å². The molecule has 420 valence electrons. The number of carbonyl (C=O) groups is 3. The first-order valence-electron chi connectivity index (χ1n) is 31.6. The van der Waals surface area contributed by atoms with Gasteiger partial charge in [-0.2, -0.15) is 0 Å². The summed E-state index contributed by atoms with van der Waals surface area (Å²) < 4.78 is 16.8. The number of hydrogen-bond donors (Lipinski definition) is 0. The summed E-state index contributed by atoms with van der Waals surface area (Å²) in [5.74, 6) is -0.868. The third kappa shape index (κ3) is 58.3. The molecule has 0 radical (unpaired) electrons. The second kappa shape index (κ2) is 60.9. The highest BCUT2D eigenvalue weighted by Crippen LogP contribution is 2.17. The maximum absolute atomic E-state index is 12.8. The largest absolute Gasteiger partial charge is 0.462 e. The molecule has 1 unspecified atom stereocenters. The van der Waals surface area contributed by atoms with Crippen molar-refractivity contribution in [2.75, 3.05) is 13.2 Å². The van der Waals surface area contributed by atoms with Crippen molar-refractivity contribution >= 4 is 17.9 Å². The number of rotatable bonds is 58. The van der Waals surface area contributed by atoms with Crippen LogP contribution in [0.25, 0.3) is 0 Å². The van der Waals surface area contributed by atoms with E-state index in [0.717, 1.165) is 77.0 Å². The molecule has 0 saturated carbocycles. The molecule has 6 nitrogen and oxygen atoms in total. The minimum Gasteiger partial charge on any atom is -0.462 e. The maximum atomic E-state index is 12.8. The lowest BCUT2D eigenvalue weighted by Gasteiger charge is -2.18. The fraction of sp³-hybridized carbons (Fsp3) is 0.833. The molecule has 0 amide bonds. The van der Waals surface area contributed by atoms with Crippen LogP contribution in [0.2, 0.25) is 0 Å². The highest BCUT2D eigenvalue weighted by atomic mass is 16.6. The van der Waals surface area contributed by atoms with Gasteiger partial charge in [0, 0.05) is 19.3 Å². The second-order valence-corrected chi connectivity index (χ2v) is 21.3. The molecule has 0 spiro atoms. The summed E-state index contributed by atoms with van der Waals surface area (Å²) in [7, 11) is 0. The van der Waals surface area contributed by atoms with Gasteiger partial charge in [-0.25, -0.2) is 0 Å². The Labute approximate surface area is 448 Å². The monoisotopic (exact) mass is 1010 g/mol. The molecular weight excluding hydrogens is 889 g/mol. The Morgan fingerprint density at radius 2 is 0.500 bits per heavy atom. The van der Waals surface area contributed by atoms with Gasteiger partial charge in [0.25, 0.3) is 0 Å². The van der Waals surface area contributed by atoms with Gasteiger partial charge in [0.2, 0.25) is 0 Å². The summed E-state index contributed by atoms with van der Waals surface area (Å²) in [6.07, 6.45) is 75.7. The Kier molecular flexibility index (Phi) is 58.7. The molecule has 0 aromatic carbocycles. The standard InChI is InChI=1S/C66H120O6/c1-4-7-10-13-16-19-21-23-25-27-28-29-30-31-32-33-34-35-36-37-38-40-41-43-45-47-50-53-56-59-65(68)71-62-63(61-70-64(67)58-55-52-49-18-15-12-9-6-3)72-66(69)60-57-54-51-48-46-44-42-39-26-24-22-20-17-14-11-8-5-2/h17,20-21,23-24,26-28,63H,4-16,18-19,22,25,29-62H2,1-3H3/b20-17-,23-21-,26-24-,28-27-. The Morgan fingerprint density at radius 1 is 0.278 bits per heavy atom. The lowest BCUT2D eigenvalue weighted by Crippen LogP contribution is -2.30.